The van der Waals surface area contributed by atoms with Gasteiger partial charge in [-0.3, -0.25) is 0 Å². The summed E-state index contributed by atoms with van der Waals surface area (Å²) in [7, 11) is 0. The molecule has 5 heteroatoms. The van der Waals surface area contributed by atoms with Gasteiger partial charge in [0.25, 0.3) is 0 Å². The smallest absolute Gasteiger partial charge is 0.137 e. The van der Waals surface area contributed by atoms with Crippen LogP contribution in [0.5, 0.6) is 0 Å². The summed E-state index contributed by atoms with van der Waals surface area (Å²) in [6.45, 7) is 0. The maximum Gasteiger partial charge on any atom is 0.137 e. The highest BCUT2D eigenvalue weighted by Crippen LogP contribution is 2.35. The van der Waals surface area contributed by atoms with Crippen molar-refractivity contribution in [2.24, 2.45) is 0 Å². The maximum atomic E-state index is 13.8. The van der Waals surface area contributed by atoms with Crippen molar-refractivity contribution in [2.45, 2.75) is 4.83 Å². The molecule has 0 fully saturated rings. The largest absolute Gasteiger partial charge is 0.207 e. The molecular formula is C13H7Br2ClF2. The van der Waals surface area contributed by atoms with Crippen molar-refractivity contribution in [1.82, 2.24) is 0 Å². The lowest BCUT2D eigenvalue weighted by Gasteiger charge is -2.12. The van der Waals surface area contributed by atoms with Crippen LogP contribution in [-0.4, -0.2) is 0 Å². The van der Waals surface area contributed by atoms with Gasteiger partial charge in [0.05, 0.1) is 9.30 Å². The zero-order valence-electron chi connectivity index (χ0n) is 8.93. The third-order valence-electron chi connectivity index (χ3n) is 2.45. The molecule has 0 aliphatic rings. The Hall–Kier alpha value is -0.450. The highest BCUT2D eigenvalue weighted by atomic mass is 79.9. The summed E-state index contributed by atoms with van der Waals surface area (Å²) in [6.07, 6.45) is 0. The van der Waals surface area contributed by atoms with Gasteiger partial charge in [-0.1, -0.05) is 39.7 Å². The summed E-state index contributed by atoms with van der Waals surface area (Å²) in [6, 6.07) is 9.27. The lowest BCUT2D eigenvalue weighted by atomic mass is 10.0. The highest BCUT2D eigenvalue weighted by Gasteiger charge is 2.17. The molecule has 0 saturated heterocycles. The van der Waals surface area contributed by atoms with Crippen LogP contribution in [0.1, 0.15) is 16.0 Å². The van der Waals surface area contributed by atoms with Crippen LogP contribution in [0.3, 0.4) is 0 Å². The van der Waals surface area contributed by atoms with E-state index in [9.17, 15) is 8.78 Å². The highest BCUT2D eigenvalue weighted by molar-refractivity contribution is 9.10. The average Bonchev–Trinajstić information content (AvgIpc) is 2.33. The molecule has 0 saturated carbocycles. The molecule has 0 bridgehead atoms. The first kappa shape index (κ1) is 14.0. The molecule has 0 radical (unpaired) electrons. The summed E-state index contributed by atoms with van der Waals surface area (Å²) in [5.74, 6) is -0.983. The molecule has 18 heavy (non-hydrogen) atoms. The number of hydrogen-bond donors (Lipinski definition) is 0. The molecule has 2 aromatic carbocycles. The van der Waals surface area contributed by atoms with Gasteiger partial charge in [0, 0.05) is 10.6 Å². The molecule has 0 aliphatic carbocycles. The number of hydrogen-bond acceptors (Lipinski definition) is 0. The Balaban J connectivity index is 2.46. The van der Waals surface area contributed by atoms with Crippen molar-refractivity contribution in [3.63, 3.8) is 0 Å². The monoisotopic (exact) mass is 394 g/mol. The third-order valence-corrected chi connectivity index (χ3v) is 4.32. The minimum Gasteiger partial charge on any atom is -0.207 e. The minimum absolute atomic E-state index is 0.106. The first-order chi connectivity index (χ1) is 8.49. The van der Waals surface area contributed by atoms with Gasteiger partial charge >= 0.3 is 0 Å². The minimum atomic E-state index is -0.502. The molecule has 1 unspecified atom stereocenters. The van der Waals surface area contributed by atoms with Gasteiger partial charge in [0.2, 0.25) is 0 Å². The fourth-order valence-electron chi connectivity index (χ4n) is 1.58. The number of alkyl halides is 1. The van der Waals surface area contributed by atoms with E-state index >= 15 is 0 Å². The Morgan fingerprint density at radius 3 is 2.44 bits per heavy atom. The van der Waals surface area contributed by atoms with Crippen molar-refractivity contribution < 1.29 is 8.78 Å². The molecule has 2 aromatic rings. The van der Waals surface area contributed by atoms with E-state index in [1.165, 1.54) is 6.07 Å². The van der Waals surface area contributed by atoms with Gasteiger partial charge in [-0.25, -0.2) is 8.78 Å². The van der Waals surface area contributed by atoms with Crippen molar-refractivity contribution >= 4 is 43.5 Å². The van der Waals surface area contributed by atoms with Gasteiger partial charge in [-0.05, 0) is 45.8 Å². The number of halogens is 5. The molecule has 94 valence electrons. The van der Waals surface area contributed by atoms with E-state index in [2.05, 4.69) is 31.9 Å². The van der Waals surface area contributed by atoms with Gasteiger partial charge in [0.15, 0.2) is 0 Å². The fourth-order valence-corrected chi connectivity index (χ4v) is 2.73. The zero-order chi connectivity index (χ0) is 13.3. The van der Waals surface area contributed by atoms with Gasteiger partial charge in [0.1, 0.15) is 11.6 Å². The summed E-state index contributed by atoms with van der Waals surface area (Å²) >= 11 is 12.2. The fraction of sp³-hybridized carbons (Fsp3) is 0.0769. The van der Waals surface area contributed by atoms with Gasteiger partial charge in [-0.2, -0.15) is 0 Å². The van der Waals surface area contributed by atoms with E-state index in [1.54, 1.807) is 24.3 Å². The third kappa shape index (κ3) is 2.92. The Morgan fingerprint density at radius 2 is 1.78 bits per heavy atom. The Morgan fingerprint density at radius 1 is 1.06 bits per heavy atom. The summed E-state index contributed by atoms with van der Waals surface area (Å²) in [4.78, 5) is -0.446. The Labute approximate surface area is 125 Å². The lowest BCUT2D eigenvalue weighted by Crippen LogP contribution is -1.98. The second-order valence-corrected chi connectivity index (χ2v) is 5.91. The van der Waals surface area contributed by atoms with Crippen LogP contribution in [0.15, 0.2) is 40.9 Å². The molecule has 0 heterocycles. The molecule has 0 aromatic heterocycles. The van der Waals surface area contributed by atoms with E-state index in [0.717, 1.165) is 11.6 Å². The van der Waals surface area contributed by atoms with Crippen LogP contribution in [0.4, 0.5) is 8.78 Å². The first-order valence-corrected chi connectivity index (χ1v) is 7.11. The van der Waals surface area contributed by atoms with Crippen molar-refractivity contribution in [3.05, 3.63) is 68.7 Å². The number of rotatable bonds is 2. The Bertz CT molecular complexity index is 587. The van der Waals surface area contributed by atoms with Crippen LogP contribution in [0.2, 0.25) is 5.02 Å². The predicted molar refractivity (Wildman–Crippen MR) is 76.3 cm³/mol. The normalized spacial score (nSPS) is 12.5. The van der Waals surface area contributed by atoms with E-state index < -0.39 is 16.5 Å². The number of benzene rings is 2. The van der Waals surface area contributed by atoms with E-state index in [-0.39, 0.29) is 10.0 Å². The van der Waals surface area contributed by atoms with Crippen molar-refractivity contribution in [2.75, 3.05) is 0 Å². The van der Waals surface area contributed by atoms with Gasteiger partial charge in [-0.15, -0.1) is 0 Å². The molecule has 2 rings (SSSR count). The zero-order valence-corrected chi connectivity index (χ0v) is 12.9. The molecular weight excluding hydrogens is 389 g/mol. The van der Waals surface area contributed by atoms with Gasteiger partial charge < -0.3 is 0 Å². The lowest BCUT2D eigenvalue weighted by molar-refractivity contribution is 0.583. The van der Waals surface area contributed by atoms with Crippen molar-refractivity contribution in [3.8, 4) is 0 Å². The second-order valence-electron chi connectivity index (χ2n) is 3.71. The predicted octanol–water partition coefficient (Wildman–Crippen LogP) is 5.87. The molecule has 0 N–H and O–H groups in total. The molecule has 0 spiro atoms. The molecule has 0 aliphatic heterocycles. The van der Waals surface area contributed by atoms with E-state index in [4.69, 9.17) is 11.6 Å². The van der Waals surface area contributed by atoms with E-state index in [1.807, 2.05) is 0 Å². The SMILES string of the molecule is Fc1cc(C(Br)c2cccc(Cl)c2)c(F)cc1Br. The topological polar surface area (TPSA) is 0 Å². The van der Waals surface area contributed by atoms with Crippen LogP contribution >= 0.6 is 43.5 Å². The second kappa shape index (κ2) is 5.68. The van der Waals surface area contributed by atoms with Crippen molar-refractivity contribution in [1.29, 1.82) is 0 Å². The van der Waals surface area contributed by atoms with Crippen LogP contribution in [-0.2, 0) is 0 Å². The van der Waals surface area contributed by atoms with Crippen LogP contribution in [0, 0.1) is 11.6 Å². The molecule has 0 nitrogen and oxygen atoms in total. The maximum absolute atomic E-state index is 13.8. The summed E-state index contributed by atoms with van der Waals surface area (Å²) in [5.41, 5.74) is 1.00. The molecule has 1 atom stereocenters. The standard InChI is InChI=1S/C13H7Br2ClF2/c14-10-6-11(17)9(5-12(10)18)13(15)7-2-1-3-8(16)4-7/h1-6,13H. The summed E-state index contributed by atoms with van der Waals surface area (Å²) < 4.78 is 27.4. The van der Waals surface area contributed by atoms with Crippen LogP contribution in [0.25, 0.3) is 0 Å². The van der Waals surface area contributed by atoms with E-state index in [0.29, 0.717) is 5.02 Å². The summed E-state index contributed by atoms with van der Waals surface area (Å²) in [5, 5.41) is 0.551. The first-order valence-electron chi connectivity index (χ1n) is 5.03. The average molecular weight is 396 g/mol. The Kier molecular flexibility index (Phi) is 4.41. The quantitative estimate of drug-likeness (QED) is 0.440. The van der Waals surface area contributed by atoms with Crippen LogP contribution < -0.4 is 0 Å². The molecule has 0 amide bonds.